The fraction of sp³-hybridized carbons (Fsp3) is 0.235. The second kappa shape index (κ2) is 5.58. The molecule has 2 aromatic carbocycles. The van der Waals surface area contributed by atoms with Gasteiger partial charge in [0.15, 0.2) is 0 Å². The molecule has 96 valence electrons. The highest BCUT2D eigenvalue weighted by Crippen LogP contribution is 2.26. The summed E-state index contributed by atoms with van der Waals surface area (Å²) >= 11 is 0. The Morgan fingerprint density at radius 2 is 1.68 bits per heavy atom. The molecule has 0 aliphatic carbocycles. The third-order valence-electron chi connectivity index (χ3n) is 2.83. The van der Waals surface area contributed by atoms with Crippen LogP contribution in [-0.2, 0) is 6.42 Å². The van der Waals surface area contributed by atoms with E-state index in [9.17, 15) is 0 Å². The number of nitrogens with zero attached hydrogens (tertiary/aromatic N) is 1. The van der Waals surface area contributed by atoms with Crippen LogP contribution < -0.4 is 4.74 Å². The van der Waals surface area contributed by atoms with Crippen molar-refractivity contribution in [3.63, 3.8) is 0 Å². The molecule has 0 N–H and O–H groups in total. The first-order valence-corrected chi connectivity index (χ1v) is 6.32. The van der Waals surface area contributed by atoms with Gasteiger partial charge in [-0.15, -0.1) is 0 Å². The summed E-state index contributed by atoms with van der Waals surface area (Å²) in [5.74, 6) is 1.62. The molecule has 0 atom stereocenters. The highest BCUT2D eigenvalue weighted by atomic mass is 16.5. The molecule has 0 bridgehead atoms. The molecule has 2 rings (SSSR count). The van der Waals surface area contributed by atoms with Crippen LogP contribution in [0.5, 0.6) is 11.5 Å². The van der Waals surface area contributed by atoms with Crippen molar-refractivity contribution in [1.29, 1.82) is 5.26 Å². The predicted molar refractivity (Wildman–Crippen MR) is 76.1 cm³/mol. The van der Waals surface area contributed by atoms with E-state index >= 15 is 0 Å². The van der Waals surface area contributed by atoms with Gasteiger partial charge in [0, 0.05) is 0 Å². The Morgan fingerprint density at radius 3 is 2.37 bits per heavy atom. The smallest absolute Gasteiger partial charge is 0.127 e. The summed E-state index contributed by atoms with van der Waals surface area (Å²) in [6.45, 7) is 3.88. The van der Waals surface area contributed by atoms with E-state index in [-0.39, 0.29) is 5.41 Å². The van der Waals surface area contributed by atoms with Crippen molar-refractivity contribution in [2.75, 3.05) is 0 Å². The van der Waals surface area contributed by atoms with Crippen LogP contribution in [0.2, 0.25) is 0 Å². The van der Waals surface area contributed by atoms with Crippen LogP contribution in [-0.4, -0.2) is 0 Å². The third-order valence-corrected chi connectivity index (χ3v) is 2.83. The van der Waals surface area contributed by atoms with Crippen molar-refractivity contribution in [1.82, 2.24) is 0 Å². The van der Waals surface area contributed by atoms with Gasteiger partial charge in [0.2, 0.25) is 0 Å². The lowest BCUT2D eigenvalue weighted by atomic mass is 9.87. The molecule has 19 heavy (non-hydrogen) atoms. The summed E-state index contributed by atoms with van der Waals surface area (Å²) in [6, 6.07) is 19.9. The Labute approximate surface area is 114 Å². The fourth-order valence-electron chi connectivity index (χ4n) is 1.89. The lowest BCUT2D eigenvalue weighted by molar-refractivity contribution is 0.474. The van der Waals surface area contributed by atoms with Crippen molar-refractivity contribution in [2.45, 2.75) is 20.3 Å². The molecule has 0 aromatic heterocycles. The summed E-state index contributed by atoms with van der Waals surface area (Å²) in [5, 5.41) is 9.08. The Hall–Kier alpha value is -2.27. The molecule has 0 saturated heterocycles. The van der Waals surface area contributed by atoms with E-state index in [1.54, 1.807) is 0 Å². The van der Waals surface area contributed by atoms with E-state index in [4.69, 9.17) is 10.00 Å². The molecular weight excluding hydrogens is 234 g/mol. The number of nitriles is 1. The zero-order valence-electron chi connectivity index (χ0n) is 11.3. The van der Waals surface area contributed by atoms with Crippen LogP contribution in [0.3, 0.4) is 0 Å². The molecule has 0 aliphatic heterocycles. The maximum atomic E-state index is 9.08. The second-order valence-corrected chi connectivity index (χ2v) is 5.23. The Balaban J connectivity index is 2.14. The number of hydrogen-bond donors (Lipinski definition) is 0. The quantitative estimate of drug-likeness (QED) is 0.797. The summed E-state index contributed by atoms with van der Waals surface area (Å²) in [4.78, 5) is 0. The van der Waals surface area contributed by atoms with Crippen LogP contribution in [0.25, 0.3) is 0 Å². The summed E-state index contributed by atoms with van der Waals surface area (Å²) in [5.41, 5.74) is 0.755. The molecule has 0 saturated carbocycles. The highest BCUT2D eigenvalue weighted by Gasteiger charge is 2.17. The molecule has 0 fully saturated rings. The van der Waals surface area contributed by atoms with Gasteiger partial charge in [0.25, 0.3) is 0 Å². The number of rotatable bonds is 4. The van der Waals surface area contributed by atoms with Crippen LogP contribution in [0.15, 0.2) is 54.6 Å². The normalized spacial score (nSPS) is 10.8. The highest BCUT2D eigenvalue weighted by molar-refractivity contribution is 5.34. The van der Waals surface area contributed by atoms with Gasteiger partial charge in [0.05, 0.1) is 11.5 Å². The van der Waals surface area contributed by atoms with Crippen molar-refractivity contribution in [2.24, 2.45) is 5.41 Å². The van der Waals surface area contributed by atoms with Gasteiger partial charge < -0.3 is 4.74 Å². The average molecular weight is 251 g/mol. The number of ether oxygens (including phenoxy) is 1. The van der Waals surface area contributed by atoms with Crippen molar-refractivity contribution in [3.8, 4) is 17.6 Å². The van der Waals surface area contributed by atoms with Gasteiger partial charge in [-0.2, -0.15) is 5.26 Å². The van der Waals surface area contributed by atoms with E-state index in [0.717, 1.165) is 23.5 Å². The maximum Gasteiger partial charge on any atom is 0.127 e. The predicted octanol–water partition coefficient (Wildman–Crippen LogP) is 4.57. The van der Waals surface area contributed by atoms with Gasteiger partial charge in [-0.3, -0.25) is 0 Å². The molecule has 2 nitrogen and oxygen atoms in total. The number of para-hydroxylation sites is 1. The molecule has 2 heteroatoms. The first kappa shape index (κ1) is 13.2. The van der Waals surface area contributed by atoms with Gasteiger partial charge in [-0.05, 0) is 50.1 Å². The Morgan fingerprint density at radius 1 is 1.00 bits per heavy atom. The van der Waals surface area contributed by atoms with E-state index in [1.807, 2.05) is 68.4 Å². The molecule has 0 radical (unpaired) electrons. The van der Waals surface area contributed by atoms with Crippen LogP contribution in [0.1, 0.15) is 19.4 Å². The van der Waals surface area contributed by atoms with Crippen molar-refractivity contribution in [3.05, 3.63) is 60.2 Å². The maximum absolute atomic E-state index is 9.08. The van der Waals surface area contributed by atoms with Gasteiger partial charge in [-0.25, -0.2) is 0 Å². The zero-order chi connectivity index (χ0) is 13.7. The first-order chi connectivity index (χ1) is 9.09. The monoisotopic (exact) mass is 251 g/mol. The van der Waals surface area contributed by atoms with Gasteiger partial charge in [0.1, 0.15) is 11.5 Å². The molecule has 0 heterocycles. The van der Waals surface area contributed by atoms with Crippen LogP contribution >= 0.6 is 0 Å². The van der Waals surface area contributed by atoms with E-state index in [0.29, 0.717) is 0 Å². The number of benzene rings is 2. The van der Waals surface area contributed by atoms with Crippen molar-refractivity contribution < 1.29 is 4.74 Å². The molecule has 0 unspecified atom stereocenters. The minimum absolute atomic E-state index is 0.356. The summed E-state index contributed by atoms with van der Waals surface area (Å²) < 4.78 is 5.78. The molecule has 0 aliphatic rings. The average Bonchev–Trinajstić information content (AvgIpc) is 2.40. The summed E-state index contributed by atoms with van der Waals surface area (Å²) in [6.07, 6.45) is 0.718. The van der Waals surface area contributed by atoms with Gasteiger partial charge in [-0.1, -0.05) is 30.3 Å². The largest absolute Gasteiger partial charge is 0.457 e. The molecule has 2 aromatic rings. The van der Waals surface area contributed by atoms with E-state index in [1.165, 1.54) is 0 Å². The lowest BCUT2D eigenvalue weighted by Crippen LogP contribution is -2.11. The first-order valence-electron chi connectivity index (χ1n) is 6.32. The lowest BCUT2D eigenvalue weighted by Gasteiger charge is -2.15. The fourth-order valence-corrected chi connectivity index (χ4v) is 1.89. The minimum atomic E-state index is -0.356. The molecule has 0 spiro atoms. The standard InChI is InChI=1S/C17H17NO/c1-17(2,13-18)12-14-7-6-10-16(11-14)19-15-8-4-3-5-9-15/h3-11H,12H2,1-2H3. The second-order valence-electron chi connectivity index (χ2n) is 5.23. The van der Waals surface area contributed by atoms with Crippen LogP contribution in [0.4, 0.5) is 0 Å². The van der Waals surface area contributed by atoms with Gasteiger partial charge >= 0.3 is 0 Å². The minimum Gasteiger partial charge on any atom is -0.457 e. The topological polar surface area (TPSA) is 33.0 Å². The van der Waals surface area contributed by atoms with Crippen LogP contribution in [0, 0.1) is 16.7 Å². The van der Waals surface area contributed by atoms with E-state index in [2.05, 4.69) is 6.07 Å². The summed E-state index contributed by atoms with van der Waals surface area (Å²) in [7, 11) is 0. The Kier molecular flexibility index (Phi) is 3.87. The SMILES string of the molecule is CC(C)(C#N)Cc1cccc(Oc2ccccc2)c1. The molecule has 0 amide bonds. The zero-order valence-corrected chi connectivity index (χ0v) is 11.3. The Bertz CT molecular complexity index is 582. The molecular formula is C17H17NO. The van der Waals surface area contributed by atoms with E-state index < -0.39 is 0 Å². The van der Waals surface area contributed by atoms with Crippen molar-refractivity contribution >= 4 is 0 Å². The number of hydrogen-bond acceptors (Lipinski definition) is 2. The third kappa shape index (κ3) is 3.86.